The maximum atomic E-state index is 13.0. The van der Waals surface area contributed by atoms with E-state index in [1.807, 2.05) is 0 Å². The molecule has 2 nitrogen and oxygen atoms in total. The molecule has 17 heavy (non-hydrogen) atoms. The van der Waals surface area contributed by atoms with E-state index in [1.165, 1.54) is 0 Å². The highest BCUT2D eigenvalue weighted by atomic mass is 19.2. The average Bonchev–Trinajstić information content (AvgIpc) is 2.31. The van der Waals surface area contributed by atoms with Crippen molar-refractivity contribution >= 4 is 0 Å². The Kier molecular flexibility index (Phi) is 5.18. The van der Waals surface area contributed by atoms with Crippen LogP contribution in [0.5, 0.6) is 0 Å². The number of halogens is 3. The molecule has 0 aliphatic heterocycles. The first-order valence-electron chi connectivity index (χ1n) is 5.19. The number of aliphatic hydroxyl groups excluding tert-OH is 1. The van der Waals surface area contributed by atoms with Gasteiger partial charge < -0.3 is 10.4 Å². The number of hydrogen-bond donors (Lipinski definition) is 2. The molecule has 0 amide bonds. The topological polar surface area (TPSA) is 32.3 Å². The average molecular weight is 245 g/mol. The van der Waals surface area contributed by atoms with Crippen molar-refractivity contribution in [1.29, 1.82) is 0 Å². The van der Waals surface area contributed by atoms with Gasteiger partial charge in [-0.2, -0.15) is 0 Å². The molecule has 0 unspecified atom stereocenters. The van der Waals surface area contributed by atoms with Gasteiger partial charge in [-0.1, -0.05) is 6.08 Å². The Bertz CT molecular complexity index is 372. The van der Waals surface area contributed by atoms with E-state index in [0.29, 0.717) is 13.0 Å². The summed E-state index contributed by atoms with van der Waals surface area (Å²) in [6, 6.07) is 1.12. The summed E-state index contributed by atoms with van der Waals surface area (Å²) < 4.78 is 38.7. The van der Waals surface area contributed by atoms with Gasteiger partial charge in [0.1, 0.15) is 0 Å². The molecule has 1 aromatic carbocycles. The van der Waals surface area contributed by atoms with Crippen LogP contribution >= 0.6 is 0 Å². The molecule has 1 rings (SSSR count). The summed E-state index contributed by atoms with van der Waals surface area (Å²) in [5.41, 5.74) is 0.174. The van der Waals surface area contributed by atoms with Crippen molar-refractivity contribution in [2.45, 2.75) is 12.5 Å². The van der Waals surface area contributed by atoms with Crippen molar-refractivity contribution in [3.63, 3.8) is 0 Å². The van der Waals surface area contributed by atoms with E-state index in [4.69, 9.17) is 5.11 Å². The second kappa shape index (κ2) is 6.42. The van der Waals surface area contributed by atoms with Gasteiger partial charge in [0, 0.05) is 0 Å². The van der Waals surface area contributed by atoms with Gasteiger partial charge in [0.2, 0.25) is 0 Å². The molecule has 1 atom stereocenters. The first-order valence-corrected chi connectivity index (χ1v) is 5.19. The Morgan fingerprint density at radius 3 is 2.35 bits per heavy atom. The van der Waals surface area contributed by atoms with Crippen LogP contribution in [0.3, 0.4) is 0 Å². The molecule has 0 saturated carbocycles. The van der Waals surface area contributed by atoms with E-state index < -0.39 is 23.5 Å². The van der Waals surface area contributed by atoms with Crippen LogP contribution in [0, 0.1) is 17.5 Å². The summed E-state index contributed by atoms with van der Waals surface area (Å²) >= 11 is 0. The van der Waals surface area contributed by atoms with E-state index >= 15 is 0 Å². The molecular weight excluding hydrogens is 231 g/mol. The number of aliphatic hydroxyl groups is 1. The van der Waals surface area contributed by atoms with Crippen molar-refractivity contribution in [2.24, 2.45) is 0 Å². The number of benzene rings is 1. The number of hydrogen-bond acceptors (Lipinski definition) is 2. The lowest BCUT2D eigenvalue weighted by molar-refractivity contribution is 0.244. The lowest BCUT2D eigenvalue weighted by atomic mass is 10.1. The fraction of sp³-hybridized carbons (Fsp3) is 0.333. The first-order chi connectivity index (χ1) is 8.10. The van der Waals surface area contributed by atoms with E-state index in [1.54, 1.807) is 6.08 Å². The highest BCUT2D eigenvalue weighted by molar-refractivity contribution is 5.22. The standard InChI is InChI=1S/C12H14F3NO/c1-2-3-4-16-11(7-17)8-5-9(13)12(15)10(14)6-8/h2,5-6,11,16-17H,1,3-4,7H2/t11-/m1/s1. The fourth-order valence-corrected chi connectivity index (χ4v) is 1.42. The SMILES string of the molecule is C=CCCN[C@H](CO)c1cc(F)c(F)c(F)c1. The van der Waals surface area contributed by atoms with Crippen LogP contribution in [0.1, 0.15) is 18.0 Å². The summed E-state index contributed by atoms with van der Waals surface area (Å²) in [6.45, 7) is 3.70. The van der Waals surface area contributed by atoms with Crippen molar-refractivity contribution in [3.8, 4) is 0 Å². The Morgan fingerprint density at radius 1 is 1.29 bits per heavy atom. The Labute approximate surface area is 97.8 Å². The lowest BCUT2D eigenvalue weighted by Gasteiger charge is -2.16. The molecule has 94 valence electrons. The number of nitrogens with one attached hydrogen (secondary N) is 1. The van der Waals surface area contributed by atoms with Crippen molar-refractivity contribution < 1.29 is 18.3 Å². The molecule has 1 aromatic rings. The van der Waals surface area contributed by atoms with Gasteiger partial charge in [-0.25, -0.2) is 13.2 Å². The number of rotatable bonds is 6. The summed E-state index contributed by atoms with van der Waals surface area (Å²) in [4.78, 5) is 0. The molecule has 0 bridgehead atoms. The largest absolute Gasteiger partial charge is 0.394 e. The predicted molar refractivity (Wildman–Crippen MR) is 59.0 cm³/mol. The molecule has 0 aliphatic rings. The zero-order chi connectivity index (χ0) is 12.8. The summed E-state index contributed by atoms with van der Waals surface area (Å²) in [6.07, 6.45) is 2.33. The molecule has 0 radical (unpaired) electrons. The van der Waals surface area contributed by atoms with Crippen molar-refractivity contribution in [3.05, 3.63) is 47.8 Å². The van der Waals surface area contributed by atoms with Crippen LogP contribution in [0.2, 0.25) is 0 Å². The van der Waals surface area contributed by atoms with Crippen molar-refractivity contribution in [2.75, 3.05) is 13.2 Å². The summed E-state index contributed by atoms with van der Waals surface area (Å²) in [7, 11) is 0. The molecular formula is C12H14F3NO. The van der Waals surface area contributed by atoms with Crippen LogP contribution < -0.4 is 5.32 Å². The van der Waals surface area contributed by atoms with Gasteiger partial charge in [-0.3, -0.25) is 0 Å². The molecule has 0 aliphatic carbocycles. The van der Waals surface area contributed by atoms with Gasteiger partial charge in [0.25, 0.3) is 0 Å². The second-order valence-electron chi connectivity index (χ2n) is 3.57. The van der Waals surface area contributed by atoms with Crippen molar-refractivity contribution in [1.82, 2.24) is 5.32 Å². The maximum Gasteiger partial charge on any atom is 0.194 e. The van der Waals surface area contributed by atoms with Crippen LogP contribution in [0.25, 0.3) is 0 Å². The fourth-order valence-electron chi connectivity index (χ4n) is 1.42. The van der Waals surface area contributed by atoms with Gasteiger partial charge in [-0.15, -0.1) is 6.58 Å². The highest BCUT2D eigenvalue weighted by Gasteiger charge is 2.16. The molecule has 2 N–H and O–H groups in total. The van der Waals surface area contributed by atoms with E-state index in [-0.39, 0.29) is 12.2 Å². The molecule has 0 spiro atoms. The molecule has 5 heteroatoms. The minimum Gasteiger partial charge on any atom is -0.394 e. The highest BCUT2D eigenvalue weighted by Crippen LogP contribution is 2.19. The Morgan fingerprint density at radius 2 is 1.88 bits per heavy atom. The van der Waals surface area contributed by atoms with Crippen LogP contribution in [-0.4, -0.2) is 18.3 Å². The van der Waals surface area contributed by atoms with Crippen LogP contribution in [0.4, 0.5) is 13.2 Å². The third kappa shape index (κ3) is 3.57. The van der Waals surface area contributed by atoms with Crippen LogP contribution in [0.15, 0.2) is 24.8 Å². The monoisotopic (exact) mass is 245 g/mol. The quantitative estimate of drug-likeness (QED) is 0.458. The normalized spacial score (nSPS) is 12.5. The smallest absolute Gasteiger partial charge is 0.194 e. The second-order valence-corrected chi connectivity index (χ2v) is 3.57. The Balaban J connectivity index is 2.84. The van der Waals surface area contributed by atoms with Gasteiger partial charge >= 0.3 is 0 Å². The lowest BCUT2D eigenvalue weighted by Crippen LogP contribution is -2.25. The van der Waals surface area contributed by atoms with Crippen LogP contribution in [-0.2, 0) is 0 Å². The molecule has 0 aromatic heterocycles. The zero-order valence-electron chi connectivity index (χ0n) is 9.22. The van der Waals surface area contributed by atoms with E-state index in [0.717, 1.165) is 12.1 Å². The van der Waals surface area contributed by atoms with E-state index in [2.05, 4.69) is 11.9 Å². The summed E-state index contributed by atoms with van der Waals surface area (Å²) in [5, 5.41) is 12.0. The zero-order valence-corrected chi connectivity index (χ0v) is 9.22. The first kappa shape index (κ1) is 13.7. The molecule has 0 heterocycles. The van der Waals surface area contributed by atoms with E-state index in [9.17, 15) is 13.2 Å². The van der Waals surface area contributed by atoms with Gasteiger partial charge in [-0.05, 0) is 30.7 Å². The third-order valence-corrected chi connectivity index (χ3v) is 2.33. The minimum atomic E-state index is -1.50. The predicted octanol–water partition coefficient (Wildman–Crippen LogP) is 2.30. The van der Waals surface area contributed by atoms with Gasteiger partial charge in [0.05, 0.1) is 12.6 Å². The van der Waals surface area contributed by atoms with Gasteiger partial charge in [0.15, 0.2) is 17.5 Å². The Hall–Kier alpha value is -1.33. The third-order valence-electron chi connectivity index (χ3n) is 2.33. The minimum absolute atomic E-state index is 0.174. The molecule has 0 fully saturated rings. The maximum absolute atomic E-state index is 13.0. The molecule has 0 saturated heterocycles. The summed E-state index contributed by atoms with van der Waals surface area (Å²) in [5.74, 6) is -4.02.